The first-order chi connectivity index (χ1) is 7.81. The highest BCUT2D eigenvalue weighted by molar-refractivity contribution is 4.92. The molecule has 0 N–H and O–H groups in total. The molecule has 4 nitrogen and oxygen atoms in total. The molecule has 0 saturated carbocycles. The van der Waals surface area contributed by atoms with Crippen molar-refractivity contribution in [2.45, 2.75) is 25.8 Å². The van der Waals surface area contributed by atoms with E-state index in [4.69, 9.17) is 10.00 Å². The van der Waals surface area contributed by atoms with Crippen LogP contribution in [0.4, 0.5) is 0 Å². The zero-order chi connectivity index (χ0) is 11.8. The fourth-order valence-electron chi connectivity index (χ4n) is 2.16. The van der Waals surface area contributed by atoms with E-state index in [2.05, 4.69) is 22.8 Å². The molecule has 1 aliphatic rings. The lowest BCUT2D eigenvalue weighted by atomic mass is 10.2. The van der Waals surface area contributed by atoms with Gasteiger partial charge in [0.25, 0.3) is 0 Å². The molecule has 0 amide bonds. The van der Waals surface area contributed by atoms with Crippen LogP contribution in [0.3, 0.4) is 0 Å². The number of nitrogens with zero attached hydrogens (tertiary/aromatic N) is 3. The molecule has 0 bridgehead atoms. The molecule has 1 unspecified atom stereocenters. The van der Waals surface area contributed by atoms with Crippen molar-refractivity contribution in [2.75, 3.05) is 46.4 Å². The first-order valence-electron chi connectivity index (χ1n) is 6.16. The molecule has 1 aliphatic heterocycles. The van der Waals surface area contributed by atoms with E-state index in [1.807, 2.05) is 0 Å². The van der Waals surface area contributed by atoms with Gasteiger partial charge in [-0.25, -0.2) is 0 Å². The number of hydrogen-bond acceptors (Lipinski definition) is 4. The second kappa shape index (κ2) is 7.61. The van der Waals surface area contributed by atoms with Crippen molar-refractivity contribution in [1.29, 1.82) is 5.26 Å². The van der Waals surface area contributed by atoms with E-state index < -0.39 is 0 Å². The van der Waals surface area contributed by atoms with Crippen molar-refractivity contribution in [3.8, 4) is 6.07 Å². The number of ether oxygens (including phenoxy) is 1. The van der Waals surface area contributed by atoms with Gasteiger partial charge in [-0.2, -0.15) is 5.26 Å². The fourth-order valence-corrected chi connectivity index (χ4v) is 2.16. The Balaban J connectivity index is 2.20. The maximum Gasteiger partial charge on any atom is 0.0976 e. The minimum absolute atomic E-state index is 0.112. The van der Waals surface area contributed by atoms with Crippen molar-refractivity contribution in [2.24, 2.45) is 0 Å². The molecule has 1 saturated heterocycles. The maximum atomic E-state index is 9.00. The van der Waals surface area contributed by atoms with Crippen molar-refractivity contribution in [3.63, 3.8) is 0 Å². The van der Waals surface area contributed by atoms with Gasteiger partial charge in [0, 0.05) is 46.4 Å². The molecule has 16 heavy (non-hydrogen) atoms. The summed E-state index contributed by atoms with van der Waals surface area (Å²) in [6.07, 6.45) is 2.03. The van der Waals surface area contributed by atoms with Crippen molar-refractivity contribution >= 4 is 0 Å². The molecule has 0 aromatic heterocycles. The Hall–Kier alpha value is -0.630. The number of piperazine rings is 1. The molecule has 0 aromatic rings. The van der Waals surface area contributed by atoms with Crippen LogP contribution in [-0.4, -0.2) is 62.3 Å². The largest absolute Gasteiger partial charge is 0.385 e. The van der Waals surface area contributed by atoms with Gasteiger partial charge < -0.3 is 9.64 Å². The number of nitriles is 1. The SMILES string of the molecule is CCC(C#N)N1CCN(CCCOC)CC1. The Morgan fingerprint density at radius 2 is 2.00 bits per heavy atom. The van der Waals surface area contributed by atoms with E-state index in [9.17, 15) is 0 Å². The van der Waals surface area contributed by atoms with E-state index in [0.717, 1.165) is 52.2 Å². The van der Waals surface area contributed by atoms with Gasteiger partial charge in [0.1, 0.15) is 0 Å². The summed E-state index contributed by atoms with van der Waals surface area (Å²) in [5.74, 6) is 0. The third-order valence-corrected chi connectivity index (χ3v) is 3.21. The monoisotopic (exact) mass is 225 g/mol. The third kappa shape index (κ3) is 4.09. The average Bonchev–Trinajstić information content (AvgIpc) is 2.33. The van der Waals surface area contributed by atoms with Crippen LogP contribution in [-0.2, 0) is 4.74 Å². The Labute approximate surface area is 98.8 Å². The summed E-state index contributed by atoms with van der Waals surface area (Å²) >= 11 is 0. The molecular weight excluding hydrogens is 202 g/mol. The number of methoxy groups -OCH3 is 1. The first-order valence-corrected chi connectivity index (χ1v) is 6.16. The molecule has 92 valence electrons. The molecule has 1 heterocycles. The van der Waals surface area contributed by atoms with Crippen LogP contribution < -0.4 is 0 Å². The van der Waals surface area contributed by atoms with E-state index in [1.165, 1.54) is 0 Å². The van der Waals surface area contributed by atoms with Gasteiger partial charge in [-0.05, 0) is 12.8 Å². The molecule has 0 radical (unpaired) electrons. The highest BCUT2D eigenvalue weighted by atomic mass is 16.5. The summed E-state index contributed by atoms with van der Waals surface area (Å²) in [6, 6.07) is 2.49. The molecule has 0 aromatic carbocycles. The topological polar surface area (TPSA) is 39.5 Å². The zero-order valence-electron chi connectivity index (χ0n) is 10.5. The molecule has 1 atom stereocenters. The summed E-state index contributed by atoms with van der Waals surface area (Å²) in [4.78, 5) is 4.76. The summed E-state index contributed by atoms with van der Waals surface area (Å²) in [7, 11) is 1.75. The van der Waals surface area contributed by atoms with Crippen LogP contribution in [0, 0.1) is 11.3 Å². The summed E-state index contributed by atoms with van der Waals surface area (Å²) in [5.41, 5.74) is 0. The van der Waals surface area contributed by atoms with E-state index >= 15 is 0 Å². The van der Waals surface area contributed by atoms with Crippen LogP contribution in [0.15, 0.2) is 0 Å². The van der Waals surface area contributed by atoms with Gasteiger partial charge >= 0.3 is 0 Å². The Kier molecular flexibility index (Phi) is 6.39. The second-order valence-corrected chi connectivity index (χ2v) is 4.28. The van der Waals surface area contributed by atoms with Gasteiger partial charge in [-0.3, -0.25) is 4.90 Å². The van der Waals surface area contributed by atoms with E-state index in [-0.39, 0.29) is 6.04 Å². The molecule has 0 aliphatic carbocycles. The predicted molar refractivity (Wildman–Crippen MR) is 64.2 cm³/mol. The molecule has 4 heteroatoms. The molecule has 1 rings (SSSR count). The minimum atomic E-state index is 0.112. The maximum absolute atomic E-state index is 9.00. The van der Waals surface area contributed by atoms with Crippen molar-refractivity contribution < 1.29 is 4.74 Å². The Morgan fingerprint density at radius 1 is 1.31 bits per heavy atom. The average molecular weight is 225 g/mol. The van der Waals surface area contributed by atoms with Gasteiger partial charge in [0.2, 0.25) is 0 Å². The third-order valence-electron chi connectivity index (χ3n) is 3.21. The molecule has 1 fully saturated rings. The van der Waals surface area contributed by atoms with Gasteiger partial charge in [-0.1, -0.05) is 6.92 Å². The number of hydrogen-bond donors (Lipinski definition) is 0. The Bertz CT molecular complexity index is 219. The quantitative estimate of drug-likeness (QED) is 0.631. The lowest BCUT2D eigenvalue weighted by Crippen LogP contribution is -2.50. The van der Waals surface area contributed by atoms with Crippen LogP contribution in [0.2, 0.25) is 0 Å². The van der Waals surface area contributed by atoms with E-state index in [0.29, 0.717) is 0 Å². The summed E-state index contributed by atoms with van der Waals surface area (Å²) < 4.78 is 5.05. The minimum Gasteiger partial charge on any atom is -0.385 e. The van der Waals surface area contributed by atoms with Crippen molar-refractivity contribution in [3.05, 3.63) is 0 Å². The van der Waals surface area contributed by atoms with Crippen LogP contribution >= 0.6 is 0 Å². The lowest BCUT2D eigenvalue weighted by Gasteiger charge is -2.36. The van der Waals surface area contributed by atoms with Gasteiger partial charge in [0.05, 0.1) is 12.1 Å². The lowest BCUT2D eigenvalue weighted by molar-refractivity contribution is 0.102. The Morgan fingerprint density at radius 3 is 2.50 bits per heavy atom. The second-order valence-electron chi connectivity index (χ2n) is 4.28. The molecular formula is C12H23N3O. The summed E-state index contributed by atoms with van der Waals surface area (Å²) in [5, 5.41) is 9.00. The first kappa shape index (κ1) is 13.4. The number of rotatable bonds is 6. The normalized spacial score (nSPS) is 20.6. The zero-order valence-corrected chi connectivity index (χ0v) is 10.5. The highest BCUT2D eigenvalue weighted by Crippen LogP contribution is 2.08. The summed E-state index contributed by atoms with van der Waals surface area (Å²) in [6.45, 7) is 8.27. The highest BCUT2D eigenvalue weighted by Gasteiger charge is 2.21. The van der Waals surface area contributed by atoms with Gasteiger partial charge in [-0.15, -0.1) is 0 Å². The van der Waals surface area contributed by atoms with Crippen molar-refractivity contribution in [1.82, 2.24) is 9.80 Å². The van der Waals surface area contributed by atoms with Crippen LogP contribution in [0.25, 0.3) is 0 Å². The molecule has 0 spiro atoms. The van der Waals surface area contributed by atoms with E-state index in [1.54, 1.807) is 7.11 Å². The van der Waals surface area contributed by atoms with Gasteiger partial charge in [0.15, 0.2) is 0 Å². The smallest absolute Gasteiger partial charge is 0.0976 e. The van der Waals surface area contributed by atoms with Crippen LogP contribution in [0.1, 0.15) is 19.8 Å². The fraction of sp³-hybridized carbons (Fsp3) is 0.917. The standard InChI is InChI=1S/C12H23N3O/c1-3-12(11-13)15-8-6-14(7-9-15)5-4-10-16-2/h12H,3-10H2,1-2H3. The van der Waals surface area contributed by atoms with Crippen LogP contribution in [0.5, 0.6) is 0 Å². The predicted octanol–water partition coefficient (Wildman–Crippen LogP) is 0.943.